The zero-order valence-electron chi connectivity index (χ0n) is 10.4. The highest BCUT2D eigenvalue weighted by atomic mass is 16.7. The first-order chi connectivity index (χ1) is 8.04. The van der Waals surface area contributed by atoms with E-state index < -0.39 is 0 Å². The molecule has 1 aliphatic carbocycles. The van der Waals surface area contributed by atoms with Crippen molar-refractivity contribution in [2.75, 3.05) is 19.8 Å². The first kappa shape index (κ1) is 12.8. The second-order valence-electron chi connectivity index (χ2n) is 5.58. The van der Waals surface area contributed by atoms with Gasteiger partial charge in [-0.2, -0.15) is 0 Å². The van der Waals surface area contributed by atoms with Crippen LogP contribution in [-0.2, 0) is 9.47 Å². The predicted octanol–water partition coefficient (Wildman–Crippen LogP) is 2.37. The molecule has 0 aromatic carbocycles. The molecule has 0 radical (unpaired) electrons. The van der Waals surface area contributed by atoms with E-state index in [2.05, 4.69) is 6.92 Å². The third kappa shape index (κ3) is 3.16. The zero-order valence-corrected chi connectivity index (χ0v) is 10.4. The lowest BCUT2D eigenvalue weighted by Crippen LogP contribution is -2.39. The van der Waals surface area contributed by atoms with E-state index >= 15 is 0 Å². The molecule has 1 aliphatic heterocycles. The van der Waals surface area contributed by atoms with Crippen LogP contribution in [0.4, 0.5) is 0 Å². The topological polar surface area (TPSA) is 61.6 Å². The molecule has 2 aliphatic rings. The summed E-state index contributed by atoms with van der Waals surface area (Å²) in [6.07, 6.45) is 5.57. The van der Waals surface area contributed by atoms with Crippen LogP contribution in [0.15, 0.2) is 0 Å². The molecule has 1 saturated carbocycles. The number of nitrogens with zero attached hydrogens (tertiary/aromatic N) is 1. The summed E-state index contributed by atoms with van der Waals surface area (Å²) in [5.74, 6) is -0.317. The summed E-state index contributed by atoms with van der Waals surface area (Å²) in [6.45, 7) is 3.73. The van der Waals surface area contributed by atoms with E-state index in [9.17, 15) is 10.1 Å². The molecule has 1 spiro atoms. The standard InChI is InChI=1S/C12H21NO4/c1-11(3-2-8-13(14)15)4-6-12(7-5-11)16-9-10-17-12/h2-10H2,1H3. The lowest BCUT2D eigenvalue weighted by Gasteiger charge is -2.41. The Morgan fingerprint density at radius 3 is 2.29 bits per heavy atom. The van der Waals surface area contributed by atoms with Gasteiger partial charge in [-0.3, -0.25) is 10.1 Å². The molecule has 5 nitrogen and oxygen atoms in total. The van der Waals surface area contributed by atoms with Crippen molar-refractivity contribution in [1.29, 1.82) is 0 Å². The molecule has 17 heavy (non-hydrogen) atoms. The van der Waals surface area contributed by atoms with E-state index in [0.717, 1.165) is 32.1 Å². The number of rotatable bonds is 4. The van der Waals surface area contributed by atoms with Crippen LogP contribution in [0, 0.1) is 15.5 Å². The third-order valence-corrected chi connectivity index (χ3v) is 4.15. The van der Waals surface area contributed by atoms with E-state index in [1.807, 2.05) is 0 Å². The fraction of sp³-hybridized carbons (Fsp3) is 1.00. The smallest absolute Gasteiger partial charge is 0.203 e. The molecular weight excluding hydrogens is 222 g/mol. The molecule has 1 heterocycles. The largest absolute Gasteiger partial charge is 0.348 e. The summed E-state index contributed by atoms with van der Waals surface area (Å²) >= 11 is 0. The van der Waals surface area contributed by atoms with Crippen LogP contribution < -0.4 is 0 Å². The van der Waals surface area contributed by atoms with Crippen molar-refractivity contribution in [3.8, 4) is 0 Å². The van der Waals surface area contributed by atoms with Crippen molar-refractivity contribution in [2.45, 2.75) is 51.2 Å². The molecule has 98 valence electrons. The van der Waals surface area contributed by atoms with E-state index in [1.54, 1.807) is 0 Å². The summed E-state index contributed by atoms with van der Waals surface area (Å²) in [5, 5.41) is 10.3. The van der Waals surface area contributed by atoms with Crippen molar-refractivity contribution in [1.82, 2.24) is 0 Å². The van der Waals surface area contributed by atoms with Gasteiger partial charge in [0.05, 0.1) is 13.2 Å². The quantitative estimate of drug-likeness (QED) is 0.561. The minimum atomic E-state index is -0.317. The molecule has 1 saturated heterocycles. The number of ether oxygens (including phenoxy) is 2. The lowest BCUT2D eigenvalue weighted by molar-refractivity contribution is -0.480. The first-order valence-electron chi connectivity index (χ1n) is 6.43. The van der Waals surface area contributed by atoms with Gasteiger partial charge in [-0.1, -0.05) is 6.92 Å². The predicted molar refractivity (Wildman–Crippen MR) is 62.3 cm³/mol. The zero-order chi connectivity index (χ0) is 12.4. The Kier molecular flexibility index (Phi) is 3.68. The van der Waals surface area contributed by atoms with Gasteiger partial charge in [0.25, 0.3) is 0 Å². The van der Waals surface area contributed by atoms with Gasteiger partial charge in [-0.05, 0) is 24.7 Å². The maximum Gasteiger partial charge on any atom is 0.203 e. The summed E-state index contributed by atoms with van der Waals surface area (Å²) in [4.78, 5) is 10.1. The number of hydrogen-bond acceptors (Lipinski definition) is 4. The average Bonchev–Trinajstić information content (AvgIpc) is 2.72. The van der Waals surface area contributed by atoms with Gasteiger partial charge in [0.2, 0.25) is 6.54 Å². The Hall–Kier alpha value is -0.680. The van der Waals surface area contributed by atoms with Crippen molar-refractivity contribution < 1.29 is 14.4 Å². The van der Waals surface area contributed by atoms with Crippen LogP contribution >= 0.6 is 0 Å². The fourth-order valence-corrected chi connectivity index (χ4v) is 2.91. The number of hydrogen-bond donors (Lipinski definition) is 0. The van der Waals surface area contributed by atoms with Gasteiger partial charge in [0, 0.05) is 24.2 Å². The monoisotopic (exact) mass is 243 g/mol. The second kappa shape index (κ2) is 4.90. The SMILES string of the molecule is CC1(CCC[N+](=O)[O-])CCC2(CC1)OCCO2. The molecule has 2 rings (SSSR count). The summed E-state index contributed by atoms with van der Waals surface area (Å²) in [7, 11) is 0. The molecule has 0 atom stereocenters. The van der Waals surface area contributed by atoms with E-state index in [0.29, 0.717) is 19.6 Å². The average molecular weight is 243 g/mol. The molecule has 0 aromatic heterocycles. The van der Waals surface area contributed by atoms with Crippen LogP contribution in [0.25, 0.3) is 0 Å². The Labute approximate surface area is 102 Å². The summed E-state index contributed by atoms with van der Waals surface area (Å²) in [5.41, 5.74) is 0.233. The summed E-state index contributed by atoms with van der Waals surface area (Å²) in [6, 6.07) is 0. The van der Waals surface area contributed by atoms with Crippen LogP contribution in [0.2, 0.25) is 0 Å². The van der Waals surface area contributed by atoms with Crippen LogP contribution in [0.1, 0.15) is 45.4 Å². The highest BCUT2D eigenvalue weighted by Gasteiger charge is 2.44. The molecule has 5 heteroatoms. The minimum Gasteiger partial charge on any atom is -0.348 e. The van der Waals surface area contributed by atoms with E-state index in [4.69, 9.17) is 9.47 Å². The maximum atomic E-state index is 10.3. The fourth-order valence-electron chi connectivity index (χ4n) is 2.91. The van der Waals surface area contributed by atoms with Gasteiger partial charge in [-0.25, -0.2) is 0 Å². The van der Waals surface area contributed by atoms with E-state index in [1.165, 1.54) is 0 Å². The Balaban J connectivity index is 1.78. The molecular formula is C12H21NO4. The van der Waals surface area contributed by atoms with Gasteiger partial charge < -0.3 is 9.47 Å². The van der Waals surface area contributed by atoms with Gasteiger partial charge in [0.1, 0.15) is 0 Å². The van der Waals surface area contributed by atoms with Gasteiger partial charge >= 0.3 is 0 Å². The van der Waals surface area contributed by atoms with E-state index in [-0.39, 0.29) is 22.7 Å². The van der Waals surface area contributed by atoms with Crippen LogP contribution in [-0.4, -0.2) is 30.5 Å². The van der Waals surface area contributed by atoms with Crippen molar-refractivity contribution in [2.24, 2.45) is 5.41 Å². The highest BCUT2D eigenvalue weighted by molar-refractivity contribution is 4.88. The lowest BCUT2D eigenvalue weighted by atomic mass is 9.71. The molecule has 2 fully saturated rings. The highest BCUT2D eigenvalue weighted by Crippen LogP contribution is 2.46. The third-order valence-electron chi connectivity index (χ3n) is 4.15. The maximum absolute atomic E-state index is 10.3. The van der Waals surface area contributed by atoms with Crippen molar-refractivity contribution in [3.05, 3.63) is 10.1 Å². The Bertz CT molecular complexity index is 276. The molecule has 0 unspecified atom stereocenters. The minimum absolute atomic E-state index is 0.0910. The summed E-state index contributed by atoms with van der Waals surface area (Å²) < 4.78 is 11.4. The second-order valence-corrected chi connectivity index (χ2v) is 5.58. The van der Waals surface area contributed by atoms with Crippen LogP contribution in [0.3, 0.4) is 0 Å². The molecule has 0 amide bonds. The molecule has 0 aromatic rings. The Morgan fingerprint density at radius 1 is 1.18 bits per heavy atom. The first-order valence-corrected chi connectivity index (χ1v) is 6.43. The van der Waals surface area contributed by atoms with Crippen molar-refractivity contribution >= 4 is 0 Å². The van der Waals surface area contributed by atoms with Crippen molar-refractivity contribution in [3.63, 3.8) is 0 Å². The molecule has 0 N–H and O–H groups in total. The van der Waals surface area contributed by atoms with Gasteiger partial charge in [0.15, 0.2) is 5.79 Å². The van der Waals surface area contributed by atoms with Gasteiger partial charge in [-0.15, -0.1) is 0 Å². The Morgan fingerprint density at radius 2 is 1.76 bits per heavy atom. The normalized spacial score (nSPS) is 26.2. The molecule has 0 bridgehead atoms. The van der Waals surface area contributed by atoms with Crippen LogP contribution in [0.5, 0.6) is 0 Å². The number of nitro groups is 1.